The number of esters is 1. The molecule has 0 radical (unpaired) electrons. The number of hydrogen-bond acceptors (Lipinski definition) is 4. The minimum Gasteiger partial charge on any atom is -0.465 e. The van der Waals surface area contributed by atoms with E-state index in [-0.39, 0.29) is 29.9 Å². The van der Waals surface area contributed by atoms with Crippen LogP contribution in [0, 0.1) is 0 Å². The predicted molar refractivity (Wildman–Crippen MR) is 62.8 cm³/mol. The lowest BCUT2D eigenvalue weighted by Crippen LogP contribution is -2.33. The molecule has 6 heteroatoms. The van der Waals surface area contributed by atoms with Gasteiger partial charge in [-0.3, -0.25) is 9.59 Å². The number of amides is 1. The van der Waals surface area contributed by atoms with Gasteiger partial charge in [-0.2, -0.15) is 0 Å². The molecule has 0 unspecified atom stereocenters. The van der Waals surface area contributed by atoms with Crippen LogP contribution in [0.1, 0.15) is 17.4 Å². The highest BCUT2D eigenvalue weighted by atomic mass is 35.5. The fraction of sp³-hybridized carbons (Fsp3) is 0.364. The van der Waals surface area contributed by atoms with Crippen LogP contribution in [0.25, 0.3) is 0 Å². The van der Waals surface area contributed by atoms with Crippen LogP contribution >= 0.6 is 11.6 Å². The minimum atomic E-state index is -0.453. The molecular weight excluding hydrogens is 244 g/mol. The van der Waals surface area contributed by atoms with Crippen molar-refractivity contribution >= 4 is 23.5 Å². The molecule has 1 aromatic heterocycles. The van der Waals surface area contributed by atoms with Crippen molar-refractivity contribution in [3.8, 4) is 0 Å². The van der Waals surface area contributed by atoms with Crippen LogP contribution in [0.4, 0.5) is 0 Å². The van der Waals surface area contributed by atoms with Crippen LogP contribution in [-0.2, 0) is 9.53 Å². The fourth-order valence-corrected chi connectivity index (χ4v) is 1.36. The molecule has 17 heavy (non-hydrogen) atoms. The first-order valence-electron chi connectivity index (χ1n) is 5.08. The molecule has 0 spiro atoms. The number of pyridine rings is 1. The molecular formula is C11H13ClN2O3. The molecule has 1 rings (SSSR count). The van der Waals surface area contributed by atoms with Gasteiger partial charge in [0, 0.05) is 7.05 Å². The van der Waals surface area contributed by atoms with E-state index in [1.807, 2.05) is 0 Å². The molecule has 0 bridgehead atoms. The number of likely N-dealkylation sites (N-methyl/N-ethyl adjacent to an activating group) is 1. The maximum absolute atomic E-state index is 11.8. The Bertz CT molecular complexity index is 423. The lowest BCUT2D eigenvalue weighted by Gasteiger charge is -2.15. The van der Waals surface area contributed by atoms with Gasteiger partial charge in [0.2, 0.25) is 0 Å². The average Bonchev–Trinajstić information content (AvgIpc) is 2.28. The number of nitrogens with zero attached hydrogens (tertiary/aromatic N) is 2. The zero-order valence-corrected chi connectivity index (χ0v) is 10.4. The Morgan fingerprint density at radius 1 is 1.47 bits per heavy atom. The Labute approximate surface area is 104 Å². The fourth-order valence-electron chi connectivity index (χ4n) is 1.20. The highest BCUT2D eigenvalue weighted by molar-refractivity contribution is 6.29. The van der Waals surface area contributed by atoms with E-state index >= 15 is 0 Å². The summed E-state index contributed by atoms with van der Waals surface area (Å²) < 4.78 is 4.74. The second-order valence-electron chi connectivity index (χ2n) is 3.31. The second kappa shape index (κ2) is 6.20. The number of carbonyl (C=O) groups is 2. The summed E-state index contributed by atoms with van der Waals surface area (Å²) in [5, 5.41) is 0.236. The molecule has 0 aliphatic rings. The molecule has 1 heterocycles. The molecule has 0 saturated heterocycles. The lowest BCUT2D eigenvalue weighted by molar-refractivity contribution is -0.143. The second-order valence-corrected chi connectivity index (χ2v) is 3.70. The third-order valence-corrected chi connectivity index (χ3v) is 2.16. The van der Waals surface area contributed by atoms with Gasteiger partial charge < -0.3 is 9.64 Å². The Balaban J connectivity index is 2.67. The Morgan fingerprint density at radius 3 is 2.76 bits per heavy atom. The van der Waals surface area contributed by atoms with Crippen LogP contribution in [0.15, 0.2) is 18.2 Å². The topological polar surface area (TPSA) is 59.5 Å². The normalized spacial score (nSPS) is 9.82. The zero-order valence-electron chi connectivity index (χ0n) is 9.64. The van der Waals surface area contributed by atoms with Crippen LogP contribution in [0.3, 0.4) is 0 Å². The van der Waals surface area contributed by atoms with E-state index in [4.69, 9.17) is 16.3 Å². The number of rotatable bonds is 4. The van der Waals surface area contributed by atoms with Crippen LogP contribution < -0.4 is 0 Å². The molecule has 0 aliphatic carbocycles. The first kappa shape index (κ1) is 13.4. The number of hydrogen-bond donors (Lipinski definition) is 0. The van der Waals surface area contributed by atoms with Crippen LogP contribution in [0.5, 0.6) is 0 Å². The molecule has 1 aromatic rings. The van der Waals surface area contributed by atoms with Crippen molar-refractivity contribution in [1.29, 1.82) is 0 Å². The summed E-state index contributed by atoms with van der Waals surface area (Å²) in [6.07, 6.45) is 0. The molecule has 5 nitrogen and oxygen atoms in total. The Hall–Kier alpha value is -1.62. The van der Waals surface area contributed by atoms with Crippen molar-refractivity contribution in [3.05, 3.63) is 29.0 Å². The standard InChI is InChI=1S/C11H13ClN2O3/c1-3-17-10(15)7-14(2)11(16)8-5-4-6-9(12)13-8/h4-6H,3,7H2,1-2H3. The number of ether oxygens (including phenoxy) is 1. The summed E-state index contributed by atoms with van der Waals surface area (Å²) in [6, 6.07) is 4.74. The largest absolute Gasteiger partial charge is 0.465 e. The SMILES string of the molecule is CCOC(=O)CN(C)C(=O)c1cccc(Cl)n1. The van der Waals surface area contributed by atoms with Gasteiger partial charge in [0.05, 0.1) is 6.61 Å². The van der Waals surface area contributed by atoms with Crippen molar-refractivity contribution in [1.82, 2.24) is 9.88 Å². The van der Waals surface area contributed by atoms with E-state index in [9.17, 15) is 9.59 Å². The molecule has 0 saturated carbocycles. The van der Waals surface area contributed by atoms with Crippen molar-refractivity contribution < 1.29 is 14.3 Å². The Kier molecular flexibility index (Phi) is 4.90. The van der Waals surface area contributed by atoms with Gasteiger partial charge in [0.25, 0.3) is 5.91 Å². The molecule has 92 valence electrons. The molecule has 0 fully saturated rings. The quantitative estimate of drug-likeness (QED) is 0.603. The zero-order chi connectivity index (χ0) is 12.8. The van der Waals surface area contributed by atoms with E-state index in [2.05, 4.69) is 4.98 Å². The third-order valence-electron chi connectivity index (χ3n) is 1.95. The van der Waals surface area contributed by atoms with Gasteiger partial charge in [-0.05, 0) is 19.1 Å². The van der Waals surface area contributed by atoms with Gasteiger partial charge >= 0.3 is 5.97 Å². The van der Waals surface area contributed by atoms with E-state index in [1.54, 1.807) is 19.1 Å². The Morgan fingerprint density at radius 2 is 2.18 bits per heavy atom. The predicted octanol–water partition coefficient (Wildman–Crippen LogP) is 1.37. The van der Waals surface area contributed by atoms with Crippen molar-refractivity contribution in [2.45, 2.75) is 6.92 Å². The summed E-state index contributed by atoms with van der Waals surface area (Å²) in [4.78, 5) is 28.1. The summed E-state index contributed by atoms with van der Waals surface area (Å²) in [6.45, 7) is 1.88. The molecule has 0 atom stereocenters. The van der Waals surface area contributed by atoms with Crippen LogP contribution in [0.2, 0.25) is 5.15 Å². The summed E-state index contributed by atoms with van der Waals surface area (Å²) in [7, 11) is 1.50. The van der Waals surface area contributed by atoms with E-state index < -0.39 is 5.97 Å². The van der Waals surface area contributed by atoms with E-state index in [0.29, 0.717) is 0 Å². The molecule has 0 N–H and O–H groups in total. The summed E-state index contributed by atoms with van der Waals surface area (Å²) in [5.74, 6) is -0.828. The van der Waals surface area contributed by atoms with Gasteiger partial charge in [-0.15, -0.1) is 0 Å². The van der Waals surface area contributed by atoms with Gasteiger partial charge in [0.15, 0.2) is 0 Å². The molecule has 0 aliphatic heterocycles. The average molecular weight is 257 g/mol. The van der Waals surface area contributed by atoms with Crippen LogP contribution in [-0.4, -0.2) is 42.0 Å². The lowest BCUT2D eigenvalue weighted by atomic mass is 10.3. The highest BCUT2D eigenvalue weighted by Crippen LogP contribution is 2.07. The van der Waals surface area contributed by atoms with Crippen molar-refractivity contribution in [2.24, 2.45) is 0 Å². The first-order valence-corrected chi connectivity index (χ1v) is 5.46. The minimum absolute atomic E-state index is 0.110. The third kappa shape index (κ3) is 4.03. The van der Waals surface area contributed by atoms with Gasteiger partial charge in [-0.1, -0.05) is 17.7 Å². The number of carbonyl (C=O) groups excluding carboxylic acids is 2. The van der Waals surface area contributed by atoms with Gasteiger partial charge in [-0.25, -0.2) is 4.98 Å². The smallest absolute Gasteiger partial charge is 0.325 e. The monoisotopic (exact) mass is 256 g/mol. The van der Waals surface area contributed by atoms with E-state index in [0.717, 1.165) is 0 Å². The van der Waals surface area contributed by atoms with Crippen molar-refractivity contribution in [3.63, 3.8) is 0 Å². The molecule has 0 aromatic carbocycles. The maximum atomic E-state index is 11.8. The highest BCUT2D eigenvalue weighted by Gasteiger charge is 2.16. The van der Waals surface area contributed by atoms with Gasteiger partial charge in [0.1, 0.15) is 17.4 Å². The maximum Gasteiger partial charge on any atom is 0.325 e. The summed E-state index contributed by atoms with van der Waals surface area (Å²) >= 11 is 5.68. The van der Waals surface area contributed by atoms with Crippen molar-refractivity contribution in [2.75, 3.05) is 20.2 Å². The van der Waals surface area contributed by atoms with E-state index in [1.165, 1.54) is 18.0 Å². The summed E-state index contributed by atoms with van der Waals surface area (Å²) in [5.41, 5.74) is 0.198. The first-order chi connectivity index (χ1) is 8.04. The number of aromatic nitrogens is 1. The number of halogens is 1. The molecule has 1 amide bonds.